The lowest BCUT2D eigenvalue weighted by molar-refractivity contribution is 0.207. The Bertz CT molecular complexity index is 671. The fourth-order valence-electron chi connectivity index (χ4n) is 3.28. The van der Waals surface area contributed by atoms with Gasteiger partial charge in [-0.25, -0.2) is 4.98 Å². The molecule has 3 rings (SSSR count). The van der Waals surface area contributed by atoms with Gasteiger partial charge < -0.3 is 10.3 Å². The van der Waals surface area contributed by atoms with E-state index >= 15 is 0 Å². The van der Waals surface area contributed by atoms with Crippen LogP contribution >= 0.6 is 0 Å². The van der Waals surface area contributed by atoms with Gasteiger partial charge in [-0.15, -0.1) is 0 Å². The maximum Gasteiger partial charge on any atom is 0.258 e. The molecule has 112 valence electrons. The molecule has 0 aliphatic heterocycles. The zero-order valence-corrected chi connectivity index (χ0v) is 12.6. The predicted octanol–water partition coefficient (Wildman–Crippen LogP) is 2.98. The number of nitrogens with zero attached hydrogens (tertiary/aromatic N) is 1. The van der Waals surface area contributed by atoms with Gasteiger partial charge in [0.15, 0.2) is 0 Å². The third-order valence-corrected chi connectivity index (χ3v) is 4.57. The monoisotopic (exact) mass is 285 g/mol. The Balaban J connectivity index is 1.67. The van der Waals surface area contributed by atoms with Crippen molar-refractivity contribution in [2.24, 2.45) is 5.41 Å². The number of nitrogens with one attached hydrogen (secondary N) is 2. The summed E-state index contributed by atoms with van der Waals surface area (Å²) in [7, 11) is 0. The maximum absolute atomic E-state index is 12.0. The van der Waals surface area contributed by atoms with E-state index in [0.29, 0.717) is 17.3 Å². The Morgan fingerprint density at radius 3 is 2.81 bits per heavy atom. The summed E-state index contributed by atoms with van der Waals surface area (Å²) in [5, 5.41) is 4.12. The average Bonchev–Trinajstić information content (AvgIpc) is 2.48. The van der Waals surface area contributed by atoms with Gasteiger partial charge in [-0.3, -0.25) is 4.79 Å². The van der Waals surface area contributed by atoms with Crippen molar-refractivity contribution in [2.75, 3.05) is 6.54 Å². The number of para-hydroxylation sites is 1. The van der Waals surface area contributed by atoms with Gasteiger partial charge in [-0.05, 0) is 30.4 Å². The van der Waals surface area contributed by atoms with Gasteiger partial charge in [-0.2, -0.15) is 0 Å². The van der Waals surface area contributed by atoms with Gasteiger partial charge in [0.1, 0.15) is 5.82 Å². The molecule has 1 heterocycles. The summed E-state index contributed by atoms with van der Waals surface area (Å²) in [6.07, 6.45) is 6.63. The van der Waals surface area contributed by atoms with Crippen molar-refractivity contribution in [2.45, 2.75) is 45.6 Å². The summed E-state index contributed by atoms with van der Waals surface area (Å²) in [6, 6.07) is 7.47. The quantitative estimate of drug-likeness (QED) is 0.908. The lowest BCUT2D eigenvalue weighted by Crippen LogP contribution is -2.34. The molecule has 1 aliphatic rings. The molecule has 21 heavy (non-hydrogen) atoms. The van der Waals surface area contributed by atoms with Crippen LogP contribution in [0.25, 0.3) is 10.9 Å². The SMILES string of the molecule is CC1(CNCc2nc3ccccc3c(=O)[nH]2)CCCCC1. The number of hydrogen-bond acceptors (Lipinski definition) is 3. The molecule has 1 fully saturated rings. The van der Waals surface area contributed by atoms with Crippen LogP contribution in [-0.4, -0.2) is 16.5 Å². The highest BCUT2D eigenvalue weighted by Gasteiger charge is 2.26. The molecule has 2 N–H and O–H groups in total. The summed E-state index contributed by atoms with van der Waals surface area (Å²) in [5.74, 6) is 0.720. The molecule has 4 nitrogen and oxygen atoms in total. The third-order valence-electron chi connectivity index (χ3n) is 4.57. The van der Waals surface area contributed by atoms with Gasteiger partial charge in [0, 0.05) is 6.54 Å². The summed E-state index contributed by atoms with van der Waals surface area (Å²) in [5.41, 5.74) is 1.11. The first-order valence-corrected chi connectivity index (χ1v) is 7.85. The topological polar surface area (TPSA) is 57.8 Å². The molecular formula is C17H23N3O. The molecule has 0 bridgehead atoms. The molecular weight excluding hydrogens is 262 g/mol. The van der Waals surface area contributed by atoms with Crippen molar-refractivity contribution < 1.29 is 0 Å². The van der Waals surface area contributed by atoms with Gasteiger partial charge >= 0.3 is 0 Å². The normalized spacial score (nSPS) is 18.0. The minimum Gasteiger partial charge on any atom is -0.309 e. The molecule has 1 aliphatic carbocycles. The number of hydrogen-bond donors (Lipinski definition) is 2. The zero-order chi connectivity index (χ0) is 14.7. The first-order valence-electron chi connectivity index (χ1n) is 7.85. The summed E-state index contributed by atoms with van der Waals surface area (Å²) >= 11 is 0. The third kappa shape index (κ3) is 3.32. The minimum absolute atomic E-state index is 0.0544. The smallest absolute Gasteiger partial charge is 0.258 e. The number of fused-ring (bicyclic) bond motifs is 1. The Labute approximate surface area is 125 Å². The second-order valence-electron chi connectivity index (χ2n) is 6.50. The van der Waals surface area contributed by atoms with Crippen LogP contribution in [0.4, 0.5) is 0 Å². The van der Waals surface area contributed by atoms with Crippen LogP contribution < -0.4 is 10.9 Å². The van der Waals surface area contributed by atoms with E-state index in [1.807, 2.05) is 18.2 Å². The molecule has 1 aromatic heterocycles. The van der Waals surface area contributed by atoms with Crippen molar-refractivity contribution >= 4 is 10.9 Å². The number of aromatic amines is 1. The number of benzene rings is 1. The second-order valence-corrected chi connectivity index (χ2v) is 6.50. The van der Waals surface area contributed by atoms with Crippen LogP contribution in [0, 0.1) is 5.41 Å². The van der Waals surface area contributed by atoms with Crippen molar-refractivity contribution in [3.05, 3.63) is 40.4 Å². The standard InChI is InChI=1S/C17H23N3O/c1-17(9-5-2-6-10-17)12-18-11-15-19-14-8-4-3-7-13(14)16(21)20-15/h3-4,7-8,18H,2,5-6,9-12H2,1H3,(H,19,20,21). The average molecular weight is 285 g/mol. The van der Waals surface area contributed by atoms with E-state index in [2.05, 4.69) is 22.2 Å². The van der Waals surface area contributed by atoms with Crippen molar-refractivity contribution in [1.82, 2.24) is 15.3 Å². The molecule has 0 unspecified atom stereocenters. The van der Waals surface area contributed by atoms with Gasteiger partial charge in [0.2, 0.25) is 0 Å². The molecule has 0 atom stereocenters. The van der Waals surface area contributed by atoms with Gasteiger partial charge in [0.05, 0.1) is 17.4 Å². The largest absolute Gasteiger partial charge is 0.309 e. The Morgan fingerprint density at radius 1 is 1.24 bits per heavy atom. The lowest BCUT2D eigenvalue weighted by Gasteiger charge is -2.33. The predicted molar refractivity (Wildman–Crippen MR) is 85.3 cm³/mol. The van der Waals surface area contributed by atoms with Crippen molar-refractivity contribution in [3.63, 3.8) is 0 Å². The zero-order valence-electron chi connectivity index (χ0n) is 12.6. The molecule has 0 amide bonds. The van der Waals surface area contributed by atoms with E-state index in [0.717, 1.165) is 17.9 Å². The minimum atomic E-state index is -0.0544. The lowest BCUT2D eigenvalue weighted by atomic mass is 9.76. The van der Waals surface area contributed by atoms with E-state index in [-0.39, 0.29) is 5.56 Å². The number of rotatable bonds is 4. The molecule has 1 aromatic carbocycles. The fraction of sp³-hybridized carbons (Fsp3) is 0.529. The molecule has 0 saturated heterocycles. The van der Waals surface area contributed by atoms with E-state index in [4.69, 9.17) is 0 Å². The highest BCUT2D eigenvalue weighted by atomic mass is 16.1. The Morgan fingerprint density at radius 2 is 2.00 bits per heavy atom. The summed E-state index contributed by atoms with van der Waals surface area (Å²) < 4.78 is 0. The number of H-pyrrole nitrogens is 1. The molecule has 0 spiro atoms. The summed E-state index contributed by atoms with van der Waals surface area (Å²) in [4.78, 5) is 19.4. The first kappa shape index (κ1) is 14.3. The van der Waals surface area contributed by atoms with Gasteiger partial charge in [-0.1, -0.05) is 38.3 Å². The Kier molecular flexibility index (Phi) is 4.06. The molecule has 2 aromatic rings. The van der Waals surface area contributed by atoms with E-state index < -0.39 is 0 Å². The molecule has 4 heteroatoms. The van der Waals surface area contributed by atoms with Crippen LogP contribution in [0.15, 0.2) is 29.1 Å². The van der Waals surface area contributed by atoms with E-state index in [9.17, 15) is 4.79 Å². The highest BCUT2D eigenvalue weighted by molar-refractivity contribution is 5.77. The number of aromatic nitrogens is 2. The van der Waals surface area contributed by atoms with E-state index in [1.165, 1.54) is 32.1 Å². The van der Waals surface area contributed by atoms with Crippen molar-refractivity contribution in [3.8, 4) is 0 Å². The van der Waals surface area contributed by atoms with Crippen LogP contribution in [-0.2, 0) is 6.54 Å². The summed E-state index contributed by atoms with van der Waals surface area (Å²) in [6.45, 7) is 3.97. The molecule has 0 radical (unpaired) electrons. The molecule has 1 saturated carbocycles. The fourth-order valence-corrected chi connectivity index (χ4v) is 3.28. The maximum atomic E-state index is 12.0. The van der Waals surface area contributed by atoms with E-state index in [1.54, 1.807) is 6.07 Å². The van der Waals surface area contributed by atoms with Crippen LogP contribution in [0.5, 0.6) is 0 Å². The van der Waals surface area contributed by atoms with Gasteiger partial charge in [0.25, 0.3) is 5.56 Å². The van der Waals surface area contributed by atoms with Crippen LogP contribution in [0.2, 0.25) is 0 Å². The van der Waals surface area contributed by atoms with Crippen LogP contribution in [0.1, 0.15) is 44.9 Å². The van der Waals surface area contributed by atoms with Crippen molar-refractivity contribution in [1.29, 1.82) is 0 Å². The second kappa shape index (κ2) is 5.98. The highest BCUT2D eigenvalue weighted by Crippen LogP contribution is 2.34. The first-order chi connectivity index (χ1) is 10.2. The van der Waals surface area contributed by atoms with Crippen LogP contribution in [0.3, 0.4) is 0 Å². The Hall–Kier alpha value is -1.68.